The SMILES string of the molecule is COC1=CC=C(C(N)=O)CC1(OC)c1ccc(C(C)(C)CCNC(C)=O)c(-c2cccnc2)c1. The quantitative estimate of drug-likeness (QED) is 0.590. The Bertz CT molecular complexity index is 1120. The summed E-state index contributed by atoms with van der Waals surface area (Å²) in [5, 5.41) is 2.89. The first kappa shape index (κ1) is 25.2. The molecular formula is C27H33N3O4. The number of hydrogen-bond acceptors (Lipinski definition) is 5. The van der Waals surface area contributed by atoms with Gasteiger partial charge in [0.2, 0.25) is 11.8 Å². The molecule has 0 fully saturated rings. The summed E-state index contributed by atoms with van der Waals surface area (Å²) in [5.74, 6) is 0.0565. The smallest absolute Gasteiger partial charge is 0.244 e. The van der Waals surface area contributed by atoms with E-state index in [1.807, 2.05) is 24.4 Å². The first-order chi connectivity index (χ1) is 16.1. The van der Waals surface area contributed by atoms with E-state index in [1.165, 1.54) is 6.92 Å². The summed E-state index contributed by atoms with van der Waals surface area (Å²) in [6.07, 6.45) is 8.00. The van der Waals surface area contributed by atoms with Crippen molar-refractivity contribution >= 4 is 11.8 Å². The van der Waals surface area contributed by atoms with Gasteiger partial charge in [0.25, 0.3) is 0 Å². The fourth-order valence-electron chi connectivity index (χ4n) is 4.49. The van der Waals surface area contributed by atoms with Crippen molar-refractivity contribution in [3.63, 3.8) is 0 Å². The van der Waals surface area contributed by atoms with Crippen LogP contribution in [0.25, 0.3) is 11.1 Å². The van der Waals surface area contributed by atoms with Crippen molar-refractivity contribution in [2.75, 3.05) is 20.8 Å². The molecule has 0 saturated heterocycles. The van der Waals surface area contributed by atoms with Gasteiger partial charge in [-0.25, -0.2) is 0 Å². The van der Waals surface area contributed by atoms with Gasteiger partial charge < -0.3 is 20.5 Å². The minimum atomic E-state index is -0.996. The van der Waals surface area contributed by atoms with Crippen LogP contribution in [-0.4, -0.2) is 37.6 Å². The molecule has 1 aromatic heterocycles. The van der Waals surface area contributed by atoms with Crippen LogP contribution in [0.1, 0.15) is 44.7 Å². The van der Waals surface area contributed by atoms with Crippen molar-refractivity contribution in [3.05, 3.63) is 77.3 Å². The zero-order valence-corrected chi connectivity index (χ0v) is 20.5. The van der Waals surface area contributed by atoms with E-state index in [4.69, 9.17) is 15.2 Å². The lowest BCUT2D eigenvalue weighted by atomic mass is 9.74. The summed E-state index contributed by atoms with van der Waals surface area (Å²) in [6.45, 7) is 6.41. The third-order valence-electron chi connectivity index (χ3n) is 6.47. The van der Waals surface area contributed by atoms with E-state index in [1.54, 1.807) is 32.6 Å². The molecule has 3 rings (SSSR count). The van der Waals surface area contributed by atoms with Crippen LogP contribution in [0.2, 0.25) is 0 Å². The highest BCUT2D eigenvalue weighted by atomic mass is 16.5. The molecule has 180 valence electrons. The zero-order valence-electron chi connectivity index (χ0n) is 20.5. The molecule has 1 unspecified atom stereocenters. The number of carbonyl (C=O) groups is 2. The molecule has 2 amide bonds. The third-order valence-corrected chi connectivity index (χ3v) is 6.47. The number of primary amides is 1. The Balaban J connectivity index is 2.15. The monoisotopic (exact) mass is 463 g/mol. The Hall–Kier alpha value is -3.45. The lowest BCUT2D eigenvalue weighted by Gasteiger charge is -2.37. The summed E-state index contributed by atoms with van der Waals surface area (Å²) in [4.78, 5) is 27.7. The standard InChI is InChI=1S/C27H33N3O4/c1-18(31)30-14-12-26(2,3)23-10-9-21(15-22(23)20-7-6-13-29-17-20)27(34-5)16-19(25(28)32)8-11-24(27)33-4/h6-11,13,15,17H,12,14,16H2,1-5H3,(H2,28,32)(H,30,31). The number of benzene rings is 1. The average Bonchev–Trinajstić information content (AvgIpc) is 2.83. The zero-order chi connectivity index (χ0) is 24.9. The molecule has 1 atom stereocenters. The molecule has 1 aliphatic carbocycles. The molecule has 0 aliphatic heterocycles. The number of amides is 2. The maximum absolute atomic E-state index is 12.0. The Morgan fingerprint density at radius 3 is 2.56 bits per heavy atom. The minimum Gasteiger partial charge on any atom is -0.498 e. The van der Waals surface area contributed by atoms with Crippen LogP contribution < -0.4 is 11.1 Å². The van der Waals surface area contributed by atoms with Gasteiger partial charge in [0.1, 0.15) is 5.76 Å². The summed E-state index contributed by atoms with van der Waals surface area (Å²) in [6, 6.07) is 10.1. The van der Waals surface area contributed by atoms with E-state index in [0.29, 0.717) is 17.9 Å². The van der Waals surface area contributed by atoms with Gasteiger partial charge in [0, 0.05) is 50.5 Å². The van der Waals surface area contributed by atoms with Gasteiger partial charge in [0.15, 0.2) is 5.60 Å². The van der Waals surface area contributed by atoms with Crippen molar-refractivity contribution in [2.24, 2.45) is 5.73 Å². The topological polar surface area (TPSA) is 104 Å². The summed E-state index contributed by atoms with van der Waals surface area (Å²) in [7, 11) is 3.19. The number of ether oxygens (including phenoxy) is 2. The molecule has 0 saturated carbocycles. The Labute approximate surface area is 201 Å². The maximum Gasteiger partial charge on any atom is 0.244 e. The molecule has 1 aliphatic rings. The van der Waals surface area contributed by atoms with Crippen molar-refractivity contribution < 1.29 is 19.1 Å². The lowest BCUT2D eigenvalue weighted by Crippen LogP contribution is -2.36. The highest BCUT2D eigenvalue weighted by molar-refractivity contribution is 5.93. The molecule has 3 N–H and O–H groups in total. The highest BCUT2D eigenvalue weighted by Crippen LogP contribution is 2.45. The number of methoxy groups -OCH3 is 2. The van der Waals surface area contributed by atoms with E-state index in [2.05, 4.69) is 36.3 Å². The van der Waals surface area contributed by atoms with Gasteiger partial charge in [-0.05, 0) is 52.8 Å². The largest absolute Gasteiger partial charge is 0.498 e. The first-order valence-electron chi connectivity index (χ1n) is 11.2. The number of aromatic nitrogens is 1. The predicted molar refractivity (Wildman–Crippen MR) is 132 cm³/mol. The van der Waals surface area contributed by atoms with Crippen molar-refractivity contribution in [2.45, 2.75) is 44.6 Å². The van der Waals surface area contributed by atoms with Gasteiger partial charge >= 0.3 is 0 Å². The number of rotatable bonds is 9. The molecule has 7 heteroatoms. The fraction of sp³-hybridized carbons (Fsp3) is 0.370. The second-order valence-electron chi connectivity index (χ2n) is 9.12. The summed E-state index contributed by atoms with van der Waals surface area (Å²) < 4.78 is 11.7. The van der Waals surface area contributed by atoms with E-state index < -0.39 is 11.5 Å². The van der Waals surface area contributed by atoms with E-state index in [9.17, 15) is 9.59 Å². The van der Waals surface area contributed by atoms with Gasteiger partial charge in [-0.2, -0.15) is 0 Å². The van der Waals surface area contributed by atoms with Crippen LogP contribution in [0.5, 0.6) is 0 Å². The van der Waals surface area contributed by atoms with Crippen molar-refractivity contribution in [1.29, 1.82) is 0 Å². The van der Waals surface area contributed by atoms with Crippen LogP contribution in [0.4, 0.5) is 0 Å². The molecule has 2 aromatic rings. The molecule has 0 spiro atoms. The van der Waals surface area contributed by atoms with Crippen LogP contribution in [-0.2, 0) is 30.1 Å². The van der Waals surface area contributed by atoms with Gasteiger partial charge in [-0.3, -0.25) is 14.6 Å². The van der Waals surface area contributed by atoms with Crippen LogP contribution in [0.3, 0.4) is 0 Å². The average molecular weight is 464 g/mol. The second-order valence-corrected chi connectivity index (χ2v) is 9.12. The Kier molecular flexibility index (Phi) is 7.57. The van der Waals surface area contributed by atoms with Crippen molar-refractivity contribution in [3.8, 4) is 11.1 Å². The number of allylic oxidation sites excluding steroid dienone is 2. The molecule has 1 heterocycles. The van der Waals surface area contributed by atoms with Crippen LogP contribution in [0, 0.1) is 0 Å². The van der Waals surface area contributed by atoms with Crippen LogP contribution in [0.15, 0.2) is 66.2 Å². The first-order valence-corrected chi connectivity index (χ1v) is 11.2. The van der Waals surface area contributed by atoms with E-state index in [-0.39, 0.29) is 17.7 Å². The van der Waals surface area contributed by atoms with Crippen LogP contribution >= 0.6 is 0 Å². The molecule has 0 bridgehead atoms. The van der Waals surface area contributed by atoms with Gasteiger partial charge in [-0.1, -0.05) is 32.0 Å². The maximum atomic E-state index is 12.0. The molecular weight excluding hydrogens is 430 g/mol. The van der Waals surface area contributed by atoms with Crippen molar-refractivity contribution in [1.82, 2.24) is 10.3 Å². The predicted octanol–water partition coefficient (Wildman–Crippen LogP) is 3.74. The molecule has 0 radical (unpaired) electrons. The molecule has 7 nitrogen and oxygen atoms in total. The van der Waals surface area contributed by atoms with Gasteiger partial charge in [-0.15, -0.1) is 0 Å². The summed E-state index contributed by atoms with van der Waals surface area (Å²) >= 11 is 0. The van der Waals surface area contributed by atoms with E-state index >= 15 is 0 Å². The summed E-state index contributed by atoms with van der Waals surface area (Å²) in [5.41, 5.74) is 8.75. The number of hydrogen-bond donors (Lipinski definition) is 2. The lowest BCUT2D eigenvalue weighted by molar-refractivity contribution is -0.119. The highest BCUT2D eigenvalue weighted by Gasteiger charge is 2.42. The number of carbonyl (C=O) groups excluding carboxylic acids is 2. The van der Waals surface area contributed by atoms with E-state index in [0.717, 1.165) is 28.7 Å². The minimum absolute atomic E-state index is 0.0462. The Morgan fingerprint density at radius 2 is 1.97 bits per heavy atom. The van der Waals surface area contributed by atoms with Gasteiger partial charge in [0.05, 0.1) is 7.11 Å². The normalized spacial score (nSPS) is 18.0. The number of pyridine rings is 1. The number of nitrogens with zero attached hydrogens (tertiary/aromatic N) is 1. The fourth-order valence-corrected chi connectivity index (χ4v) is 4.49. The molecule has 1 aromatic carbocycles. The number of nitrogens with two attached hydrogens (primary N) is 1. The Morgan fingerprint density at radius 1 is 1.21 bits per heavy atom. The third kappa shape index (κ3) is 5.04. The second kappa shape index (κ2) is 10.2. The number of nitrogens with one attached hydrogen (secondary N) is 1. The molecule has 34 heavy (non-hydrogen) atoms.